The Bertz CT molecular complexity index is 383. The average Bonchev–Trinajstić information content (AvgIpc) is 2.88. The Kier molecular flexibility index (Phi) is 6.46. The minimum atomic E-state index is -0.908. The van der Waals surface area contributed by atoms with Gasteiger partial charge in [-0.15, -0.1) is 0 Å². The number of ether oxygens (including phenoxy) is 1. The van der Waals surface area contributed by atoms with Crippen molar-refractivity contribution in [1.82, 2.24) is 4.90 Å². The number of hydrogen-bond donors (Lipinski definition) is 1. The number of aliphatic carboxylic acids is 1. The second-order valence-electron chi connectivity index (χ2n) is 5.25. The van der Waals surface area contributed by atoms with E-state index in [1.54, 1.807) is 7.11 Å². The van der Waals surface area contributed by atoms with E-state index < -0.39 is 11.4 Å². The van der Waals surface area contributed by atoms with E-state index in [1.807, 2.05) is 6.07 Å². The van der Waals surface area contributed by atoms with Crippen LogP contribution < -0.4 is 0 Å². The lowest BCUT2D eigenvalue weighted by atomic mass is 9.82. The van der Waals surface area contributed by atoms with E-state index in [0.29, 0.717) is 32.5 Å². The molecular formula is C14H22N2O4. The van der Waals surface area contributed by atoms with E-state index in [4.69, 9.17) is 10.00 Å². The Hall–Kier alpha value is -1.61. The van der Waals surface area contributed by atoms with Crippen molar-refractivity contribution in [3.8, 4) is 6.07 Å². The van der Waals surface area contributed by atoms with Crippen LogP contribution in [0.25, 0.3) is 0 Å². The Balaban J connectivity index is 2.68. The smallest absolute Gasteiger partial charge is 0.310 e. The molecule has 0 aliphatic heterocycles. The predicted molar refractivity (Wildman–Crippen MR) is 71.8 cm³/mol. The highest BCUT2D eigenvalue weighted by molar-refractivity contribution is 5.85. The summed E-state index contributed by atoms with van der Waals surface area (Å²) in [6, 6.07) is 2.00. The third-order valence-corrected chi connectivity index (χ3v) is 3.92. The molecule has 0 aromatic carbocycles. The summed E-state index contributed by atoms with van der Waals surface area (Å²) in [5.74, 6) is -1.07. The molecule has 1 saturated carbocycles. The molecule has 0 aromatic heterocycles. The Morgan fingerprint density at radius 2 is 2.00 bits per heavy atom. The molecule has 0 spiro atoms. The van der Waals surface area contributed by atoms with Gasteiger partial charge in [-0.25, -0.2) is 0 Å². The van der Waals surface area contributed by atoms with Crippen LogP contribution in [0.3, 0.4) is 0 Å². The molecule has 1 aliphatic carbocycles. The van der Waals surface area contributed by atoms with Crippen molar-refractivity contribution in [1.29, 1.82) is 5.26 Å². The third-order valence-electron chi connectivity index (χ3n) is 3.92. The van der Waals surface area contributed by atoms with Gasteiger partial charge in [0.15, 0.2) is 0 Å². The fourth-order valence-electron chi connectivity index (χ4n) is 2.67. The molecule has 1 aliphatic rings. The second-order valence-corrected chi connectivity index (χ2v) is 5.25. The van der Waals surface area contributed by atoms with Crippen molar-refractivity contribution in [3.63, 3.8) is 0 Å². The van der Waals surface area contributed by atoms with Crippen molar-refractivity contribution in [2.24, 2.45) is 5.41 Å². The molecule has 0 radical (unpaired) electrons. The normalized spacial score (nSPS) is 16.6. The first-order valence-electron chi connectivity index (χ1n) is 6.93. The molecule has 1 fully saturated rings. The molecule has 6 heteroatoms. The first kappa shape index (κ1) is 16.4. The SMILES string of the molecule is COCCN(CCC#N)C(=O)CC1(C(=O)O)CCCC1. The molecule has 0 heterocycles. The number of carbonyl (C=O) groups excluding carboxylic acids is 1. The number of carboxylic acid groups (broad SMARTS) is 1. The molecule has 20 heavy (non-hydrogen) atoms. The van der Waals surface area contributed by atoms with E-state index in [1.165, 1.54) is 4.90 Å². The highest BCUT2D eigenvalue weighted by atomic mass is 16.5. The van der Waals surface area contributed by atoms with Crippen LogP contribution in [0.15, 0.2) is 0 Å². The van der Waals surface area contributed by atoms with Gasteiger partial charge >= 0.3 is 5.97 Å². The van der Waals surface area contributed by atoms with Gasteiger partial charge < -0.3 is 14.7 Å². The lowest BCUT2D eigenvalue weighted by Gasteiger charge is -2.28. The maximum absolute atomic E-state index is 12.3. The third kappa shape index (κ3) is 4.20. The summed E-state index contributed by atoms with van der Waals surface area (Å²) < 4.78 is 4.95. The van der Waals surface area contributed by atoms with Crippen LogP contribution in [-0.4, -0.2) is 48.7 Å². The van der Waals surface area contributed by atoms with Crippen molar-refractivity contribution < 1.29 is 19.4 Å². The van der Waals surface area contributed by atoms with Crippen LogP contribution in [-0.2, 0) is 14.3 Å². The quantitative estimate of drug-likeness (QED) is 0.727. The van der Waals surface area contributed by atoms with Gasteiger partial charge in [-0.1, -0.05) is 12.8 Å². The monoisotopic (exact) mass is 282 g/mol. The van der Waals surface area contributed by atoms with Gasteiger partial charge in [0, 0.05) is 26.6 Å². The zero-order valence-corrected chi connectivity index (χ0v) is 11.9. The highest BCUT2D eigenvalue weighted by Gasteiger charge is 2.43. The van der Waals surface area contributed by atoms with Crippen molar-refractivity contribution in [2.75, 3.05) is 26.8 Å². The number of amides is 1. The molecule has 0 atom stereocenters. The molecule has 0 aromatic rings. The van der Waals surface area contributed by atoms with E-state index in [0.717, 1.165) is 12.8 Å². The van der Waals surface area contributed by atoms with Gasteiger partial charge in [-0.3, -0.25) is 9.59 Å². The molecule has 6 nitrogen and oxygen atoms in total. The lowest BCUT2D eigenvalue weighted by molar-refractivity contribution is -0.153. The largest absolute Gasteiger partial charge is 0.481 e. The number of hydrogen-bond acceptors (Lipinski definition) is 4. The van der Waals surface area contributed by atoms with E-state index in [9.17, 15) is 14.7 Å². The van der Waals surface area contributed by atoms with E-state index in [-0.39, 0.29) is 18.7 Å². The van der Waals surface area contributed by atoms with Gasteiger partial charge in [0.25, 0.3) is 0 Å². The Morgan fingerprint density at radius 3 is 2.50 bits per heavy atom. The van der Waals surface area contributed by atoms with Crippen LogP contribution in [0.5, 0.6) is 0 Å². The maximum atomic E-state index is 12.3. The highest BCUT2D eigenvalue weighted by Crippen LogP contribution is 2.41. The fourth-order valence-corrected chi connectivity index (χ4v) is 2.67. The standard InChI is InChI=1S/C14H22N2O4/c1-20-10-9-16(8-4-7-15)12(17)11-14(13(18)19)5-2-3-6-14/h2-6,8-11H2,1H3,(H,18,19). The van der Waals surface area contributed by atoms with Crippen molar-refractivity contribution in [3.05, 3.63) is 0 Å². The van der Waals surface area contributed by atoms with Crippen LogP contribution >= 0.6 is 0 Å². The number of carbonyl (C=O) groups is 2. The van der Waals surface area contributed by atoms with Crippen LogP contribution in [0.1, 0.15) is 38.5 Å². The summed E-state index contributed by atoms with van der Waals surface area (Å²) in [5.41, 5.74) is -0.908. The van der Waals surface area contributed by atoms with Crippen molar-refractivity contribution >= 4 is 11.9 Å². The average molecular weight is 282 g/mol. The number of rotatable bonds is 8. The van der Waals surface area contributed by atoms with E-state index >= 15 is 0 Å². The zero-order chi connectivity index (χ0) is 15.0. The molecule has 1 amide bonds. The van der Waals surface area contributed by atoms with Crippen LogP contribution in [0, 0.1) is 16.7 Å². The topological polar surface area (TPSA) is 90.6 Å². The summed E-state index contributed by atoms with van der Waals surface area (Å²) in [7, 11) is 1.54. The summed E-state index contributed by atoms with van der Waals surface area (Å²) in [5, 5.41) is 18.0. The number of nitrogens with zero attached hydrogens (tertiary/aromatic N) is 2. The van der Waals surface area contributed by atoms with Gasteiger partial charge in [0.1, 0.15) is 0 Å². The molecule has 0 saturated heterocycles. The molecule has 1 N–H and O–H groups in total. The summed E-state index contributed by atoms with van der Waals surface area (Å²) in [4.78, 5) is 25.3. The van der Waals surface area contributed by atoms with Gasteiger partial charge in [0.05, 0.1) is 24.5 Å². The first-order valence-corrected chi connectivity index (χ1v) is 6.93. The summed E-state index contributed by atoms with van der Waals surface area (Å²) >= 11 is 0. The minimum Gasteiger partial charge on any atom is -0.481 e. The lowest BCUT2D eigenvalue weighted by Crippen LogP contribution is -2.40. The zero-order valence-electron chi connectivity index (χ0n) is 11.9. The first-order chi connectivity index (χ1) is 9.55. The Labute approximate surface area is 119 Å². The Morgan fingerprint density at radius 1 is 1.35 bits per heavy atom. The van der Waals surface area contributed by atoms with Gasteiger partial charge in [-0.2, -0.15) is 5.26 Å². The molecular weight excluding hydrogens is 260 g/mol. The molecule has 0 bridgehead atoms. The summed E-state index contributed by atoms with van der Waals surface area (Å²) in [6.07, 6.45) is 3.10. The number of carboxylic acids is 1. The second kappa shape index (κ2) is 7.85. The van der Waals surface area contributed by atoms with Crippen molar-refractivity contribution in [2.45, 2.75) is 38.5 Å². The van der Waals surface area contributed by atoms with Gasteiger partial charge in [-0.05, 0) is 12.8 Å². The van der Waals surface area contributed by atoms with Gasteiger partial charge in [0.2, 0.25) is 5.91 Å². The van der Waals surface area contributed by atoms with E-state index in [2.05, 4.69) is 0 Å². The fraction of sp³-hybridized carbons (Fsp3) is 0.786. The number of methoxy groups -OCH3 is 1. The minimum absolute atomic E-state index is 0.0253. The molecule has 0 unspecified atom stereocenters. The van der Waals surface area contributed by atoms with Crippen LogP contribution in [0.4, 0.5) is 0 Å². The maximum Gasteiger partial charge on any atom is 0.310 e. The predicted octanol–water partition coefficient (Wildman–Crippen LogP) is 1.41. The summed E-state index contributed by atoms with van der Waals surface area (Å²) in [6.45, 7) is 1.11. The molecule has 112 valence electrons. The van der Waals surface area contributed by atoms with Crippen LogP contribution in [0.2, 0.25) is 0 Å². The molecule has 1 rings (SSSR count). The number of nitriles is 1.